The molecular formula is C24H22ClN3O. The summed E-state index contributed by atoms with van der Waals surface area (Å²) in [5, 5.41) is 3.49. The SMILES string of the molecule is CC(NC(=O)c1ccccc1Cl)c1nc2ccccc2n1C(C)c1ccccc1. The molecule has 1 heterocycles. The maximum atomic E-state index is 12.8. The minimum absolute atomic E-state index is 0.0678. The summed E-state index contributed by atoms with van der Waals surface area (Å²) in [5.41, 5.74) is 3.59. The number of amides is 1. The van der Waals surface area contributed by atoms with Gasteiger partial charge in [0.05, 0.1) is 33.7 Å². The van der Waals surface area contributed by atoms with Crippen LogP contribution >= 0.6 is 11.6 Å². The van der Waals surface area contributed by atoms with E-state index in [0.29, 0.717) is 10.6 Å². The first kappa shape index (κ1) is 19.2. The fraction of sp³-hybridized carbons (Fsp3) is 0.167. The van der Waals surface area contributed by atoms with E-state index in [0.717, 1.165) is 16.9 Å². The minimum atomic E-state index is -0.294. The average Bonchev–Trinajstić information content (AvgIpc) is 3.14. The molecular weight excluding hydrogens is 382 g/mol. The Bertz CT molecular complexity index is 1150. The van der Waals surface area contributed by atoms with Gasteiger partial charge >= 0.3 is 0 Å². The van der Waals surface area contributed by atoms with Crippen molar-refractivity contribution in [3.8, 4) is 0 Å². The van der Waals surface area contributed by atoms with Gasteiger partial charge in [-0.25, -0.2) is 4.98 Å². The van der Waals surface area contributed by atoms with E-state index in [1.54, 1.807) is 18.2 Å². The normalized spacial score (nSPS) is 13.2. The van der Waals surface area contributed by atoms with Crippen LogP contribution in [0, 0.1) is 0 Å². The highest BCUT2D eigenvalue weighted by molar-refractivity contribution is 6.33. The van der Waals surface area contributed by atoms with Crippen LogP contribution in [-0.2, 0) is 0 Å². The van der Waals surface area contributed by atoms with Gasteiger partial charge in [0.25, 0.3) is 5.91 Å². The first-order valence-electron chi connectivity index (χ1n) is 9.63. The lowest BCUT2D eigenvalue weighted by atomic mass is 10.1. The van der Waals surface area contributed by atoms with E-state index in [2.05, 4.69) is 35.0 Å². The quantitative estimate of drug-likeness (QED) is 0.458. The van der Waals surface area contributed by atoms with Crippen LogP contribution in [0.1, 0.15) is 47.7 Å². The molecule has 4 aromatic rings. The molecule has 146 valence electrons. The Labute approximate surface area is 175 Å². The number of nitrogens with one attached hydrogen (secondary N) is 1. The summed E-state index contributed by atoms with van der Waals surface area (Å²) in [4.78, 5) is 17.6. The van der Waals surface area contributed by atoms with Gasteiger partial charge in [0.15, 0.2) is 0 Å². The number of rotatable bonds is 5. The van der Waals surface area contributed by atoms with Crippen LogP contribution < -0.4 is 5.32 Å². The van der Waals surface area contributed by atoms with E-state index >= 15 is 0 Å². The predicted octanol–water partition coefficient (Wildman–Crippen LogP) is 5.79. The lowest BCUT2D eigenvalue weighted by molar-refractivity contribution is 0.0937. The average molecular weight is 404 g/mol. The summed E-state index contributed by atoms with van der Waals surface area (Å²) in [5.74, 6) is 0.594. The molecule has 0 aliphatic rings. The molecule has 4 nitrogen and oxygen atoms in total. The molecule has 5 heteroatoms. The number of fused-ring (bicyclic) bond motifs is 1. The number of halogens is 1. The standard InChI is InChI=1S/C24H22ClN3O/c1-16(26-24(29)19-12-6-7-13-20(19)25)23-27-21-14-8-9-15-22(21)28(23)17(2)18-10-4-3-5-11-18/h3-17H,1-2H3,(H,26,29). The third-order valence-corrected chi connectivity index (χ3v) is 5.48. The molecule has 2 atom stereocenters. The molecule has 0 radical (unpaired) electrons. The van der Waals surface area contributed by atoms with Gasteiger partial charge in [-0.15, -0.1) is 0 Å². The van der Waals surface area contributed by atoms with Crippen LogP contribution in [0.5, 0.6) is 0 Å². The fourth-order valence-electron chi connectivity index (χ4n) is 3.64. The lowest BCUT2D eigenvalue weighted by Crippen LogP contribution is -2.29. The van der Waals surface area contributed by atoms with Gasteiger partial charge in [-0.3, -0.25) is 4.79 Å². The van der Waals surface area contributed by atoms with Gasteiger partial charge in [0.1, 0.15) is 5.82 Å². The number of carbonyl (C=O) groups excluding carboxylic acids is 1. The molecule has 0 aliphatic carbocycles. The number of benzene rings is 3. The molecule has 0 saturated heterocycles. The monoisotopic (exact) mass is 403 g/mol. The largest absolute Gasteiger partial charge is 0.342 e. The van der Waals surface area contributed by atoms with Crippen molar-refractivity contribution < 1.29 is 4.79 Å². The summed E-state index contributed by atoms with van der Waals surface area (Å²) in [6, 6.07) is 25.2. The van der Waals surface area contributed by atoms with E-state index in [9.17, 15) is 4.79 Å². The second-order valence-corrected chi connectivity index (χ2v) is 7.50. The molecule has 0 bridgehead atoms. The Morgan fingerprint density at radius 1 is 0.931 bits per heavy atom. The topological polar surface area (TPSA) is 46.9 Å². The number of imidazole rings is 1. The smallest absolute Gasteiger partial charge is 0.253 e. The highest BCUT2D eigenvalue weighted by atomic mass is 35.5. The van der Waals surface area contributed by atoms with Gasteiger partial charge in [-0.2, -0.15) is 0 Å². The van der Waals surface area contributed by atoms with E-state index in [1.807, 2.05) is 49.4 Å². The van der Waals surface area contributed by atoms with E-state index in [-0.39, 0.29) is 18.0 Å². The third kappa shape index (κ3) is 3.76. The van der Waals surface area contributed by atoms with Crippen molar-refractivity contribution >= 4 is 28.5 Å². The number of nitrogens with zero attached hydrogens (tertiary/aromatic N) is 2. The summed E-state index contributed by atoms with van der Waals surface area (Å²) >= 11 is 6.19. The molecule has 4 rings (SSSR count). The Hall–Kier alpha value is -3.11. The zero-order valence-corrected chi connectivity index (χ0v) is 17.1. The van der Waals surface area contributed by atoms with Crippen LogP contribution in [-0.4, -0.2) is 15.5 Å². The number of para-hydroxylation sites is 2. The first-order valence-corrected chi connectivity index (χ1v) is 10.0. The van der Waals surface area contributed by atoms with Crippen molar-refractivity contribution in [1.29, 1.82) is 0 Å². The van der Waals surface area contributed by atoms with Crippen LogP contribution in [0.3, 0.4) is 0 Å². The molecule has 3 aromatic carbocycles. The zero-order valence-electron chi connectivity index (χ0n) is 16.3. The molecule has 0 fully saturated rings. The second-order valence-electron chi connectivity index (χ2n) is 7.09. The Kier molecular flexibility index (Phi) is 5.36. The summed E-state index contributed by atoms with van der Waals surface area (Å²) in [6.07, 6.45) is 0. The van der Waals surface area contributed by atoms with Gasteiger partial charge in [-0.05, 0) is 43.7 Å². The van der Waals surface area contributed by atoms with E-state index < -0.39 is 0 Å². The van der Waals surface area contributed by atoms with Crippen LogP contribution in [0.25, 0.3) is 11.0 Å². The highest BCUT2D eigenvalue weighted by Gasteiger charge is 2.23. The third-order valence-electron chi connectivity index (χ3n) is 5.15. The molecule has 29 heavy (non-hydrogen) atoms. The number of carbonyl (C=O) groups is 1. The van der Waals surface area contributed by atoms with Crippen LogP contribution in [0.2, 0.25) is 5.02 Å². The van der Waals surface area contributed by atoms with E-state index in [1.165, 1.54) is 5.56 Å². The van der Waals surface area contributed by atoms with Crippen molar-refractivity contribution in [1.82, 2.24) is 14.9 Å². The highest BCUT2D eigenvalue weighted by Crippen LogP contribution is 2.29. The Balaban J connectivity index is 1.73. The minimum Gasteiger partial charge on any atom is -0.342 e. The summed E-state index contributed by atoms with van der Waals surface area (Å²) < 4.78 is 2.20. The zero-order chi connectivity index (χ0) is 20.4. The van der Waals surface area contributed by atoms with Gasteiger partial charge < -0.3 is 9.88 Å². The van der Waals surface area contributed by atoms with Crippen molar-refractivity contribution in [3.05, 3.63) is 101 Å². The van der Waals surface area contributed by atoms with Gasteiger partial charge in [-0.1, -0.05) is 66.2 Å². The molecule has 1 amide bonds. The van der Waals surface area contributed by atoms with Crippen LogP contribution in [0.15, 0.2) is 78.9 Å². The van der Waals surface area contributed by atoms with Crippen molar-refractivity contribution in [2.75, 3.05) is 0 Å². The van der Waals surface area contributed by atoms with Crippen molar-refractivity contribution in [2.24, 2.45) is 0 Å². The Morgan fingerprint density at radius 3 is 2.34 bits per heavy atom. The fourth-order valence-corrected chi connectivity index (χ4v) is 3.86. The summed E-state index contributed by atoms with van der Waals surface area (Å²) in [7, 11) is 0. The van der Waals surface area contributed by atoms with Crippen molar-refractivity contribution in [3.63, 3.8) is 0 Å². The summed E-state index contributed by atoms with van der Waals surface area (Å²) in [6.45, 7) is 4.10. The molecule has 0 spiro atoms. The number of aromatic nitrogens is 2. The molecule has 0 aliphatic heterocycles. The Morgan fingerprint density at radius 2 is 1.59 bits per heavy atom. The first-order chi connectivity index (χ1) is 14.1. The van der Waals surface area contributed by atoms with Gasteiger partial charge in [0.2, 0.25) is 0 Å². The van der Waals surface area contributed by atoms with Crippen molar-refractivity contribution in [2.45, 2.75) is 25.9 Å². The van der Waals surface area contributed by atoms with E-state index in [4.69, 9.17) is 16.6 Å². The number of hydrogen-bond donors (Lipinski definition) is 1. The molecule has 1 N–H and O–H groups in total. The van der Waals surface area contributed by atoms with Gasteiger partial charge in [0, 0.05) is 0 Å². The maximum Gasteiger partial charge on any atom is 0.253 e. The molecule has 2 unspecified atom stereocenters. The second kappa shape index (κ2) is 8.10. The van der Waals surface area contributed by atoms with Crippen LogP contribution in [0.4, 0.5) is 0 Å². The maximum absolute atomic E-state index is 12.8. The molecule has 0 saturated carbocycles. The number of hydrogen-bond acceptors (Lipinski definition) is 2. The molecule has 1 aromatic heterocycles. The lowest BCUT2D eigenvalue weighted by Gasteiger charge is -2.22. The predicted molar refractivity (Wildman–Crippen MR) is 117 cm³/mol.